The van der Waals surface area contributed by atoms with E-state index in [-0.39, 0.29) is 0 Å². The third-order valence-corrected chi connectivity index (χ3v) is 18.9. The number of aromatic nitrogens is 3. The molecule has 0 aliphatic carbocycles. The average Bonchev–Trinajstić information content (AvgIpc) is 3.95. The normalized spacial score (nSPS) is 11.8. The molecule has 0 saturated heterocycles. The zero-order chi connectivity index (χ0) is 45.7. The highest BCUT2D eigenvalue weighted by atomic mass is 28.3. The van der Waals surface area contributed by atoms with Gasteiger partial charge >= 0.3 is 0 Å². The van der Waals surface area contributed by atoms with Gasteiger partial charge in [0.15, 0.2) is 8.07 Å². The first-order valence-electron chi connectivity index (χ1n) is 23.7. The Hall–Kier alpha value is -8.83. The van der Waals surface area contributed by atoms with Crippen LogP contribution < -0.4 is 20.7 Å². The van der Waals surface area contributed by atoms with Crippen molar-refractivity contribution in [2.45, 2.75) is 0 Å². The Morgan fingerprint density at radius 3 is 1.19 bits per heavy atom. The maximum Gasteiger partial charge on any atom is 0.179 e. The van der Waals surface area contributed by atoms with Crippen molar-refractivity contribution in [3.8, 4) is 45.0 Å². The van der Waals surface area contributed by atoms with Crippen LogP contribution in [0.4, 0.5) is 0 Å². The fourth-order valence-corrected chi connectivity index (χ4v) is 15.7. The van der Waals surface area contributed by atoms with Gasteiger partial charge < -0.3 is 4.57 Å². The molecule has 0 amide bonds. The predicted molar refractivity (Wildman–Crippen MR) is 293 cm³/mol. The number of pyridine rings is 1. The zero-order valence-electron chi connectivity index (χ0n) is 37.8. The lowest BCUT2D eigenvalue weighted by molar-refractivity contribution is 1.08. The van der Waals surface area contributed by atoms with E-state index in [2.05, 4.69) is 282 Å². The van der Waals surface area contributed by atoms with Gasteiger partial charge in [0, 0.05) is 32.8 Å². The number of hydrogen-bond donors (Lipinski definition) is 0. The van der Waals surface area contributed by atoms with Crippen molar-refractivity contribution in [1.29, 1.82) is 0 Å². The maximum atomic E-state index is 5.36. The summed E-state index contributed by atoms with van der Waals surface area (Å²) in [5.74, 6) is 0.893. The van der Waals surface area contributed by atoms with E-state index in [1.54, 1.807) is 0 Å². The molecule has 0 N–H and O–H groups in total. The number of fused-ring (bicyclic) bond motifs is 6. The van der Waals surface area contributed by atoms with Gasteiger partial charge in [0.05, 0.1) is 27.8 Å². The fourth-order valence-electron chi connectivity index (χ4n) is 10.9. The van der Waals surface area contributed by atoms with Crippen molar-refractivity contribution in [2.24, 2.45) is 0 Å². The summed E-state index contributed by atoms with van der Waals surface area (Å²) in [4.78, 5) is 5.36. The maximum absolute atomic E-state index is 5.36. The van der Waals surface area contributed by atoms with Crippen LogP contribution >= 0.6 is 0 Å². The Bertz CT molecular complexity index is 3820. The highest BCUT2D eigenvalue weighted by molar-refractivity contribution is 7.19. The molecule has 69 heavy (non-hydrogen) atoms. The minimum Gasteiger partial charge on any atom is -0.309 e. The van der Waals surface area contributed by atoms with Crippen LogP contribution in [-0.4, -0.2) is 22.2 Å². The molecule has 13 rings (SSSR count). The number of hydrogen-bond acceptors (Lipinski definition) is 1. The van der Waals surface area contributed by atoms with Gasteiger partial charge in [0.1, 0.15) is 5.82 Å². The molecule has 3 heterocycles. The molecule has 0 saturated carbocycles. The highest BCUT2D eigenvalue weighted by Gasteiger charge is 2.41. The summed E-state index contributed by atoms with van der Waals surface area (Å²) in [6, 6.07) is 99.9. The Labute approximate surface area is 402 Å². The van der Waals surface area contributed by atoms with Crippen molar-refractivity contribution in [2.75, 3.05) is 0 Å². The second kappa shape index (κ2) is 16.8. The number of benzene rings is 10. The topological polar surface area (TPSA) is 22.8 Å². The SMILES string of the molecule is c1ccc(-c2cc(-c3ccccc3)nc(-n3c4ccccc4c4cc(-c5ccc6c(c5)c5ccccc5n6-c5ccc([Si](c6ccccc6)(c6ccccc6)c6ccccc6)cc5)ccc43)c2)cc1. The van der Waals surface area contributed by atoms with E-state index < -0.39 is 8.07 Å². The van der Waals surface area contributed by atoms with Gasteiger partial charge in [-0.3, -0.25) is 4.57 Å². The summed E-state index contributed by atoms with van der Waals surface area (Å²) >= 11 is 0. The molecular weight excluding hydrogens is 851 g/mol. The largest absolute Gasteiger partial charge is 0.309 e. The third kappa shape index (κ3) is 6.76. The van der Waals surface area contributed by atoms with Gasteiger partial charge in [0.25, 0.3) is 0 Å². The predicted octanol–water partition coefficient (Wildman–Crippen LogP) is 13.7. The third-order valence-electron chi connectivity index (χ3n) is 14.1. The van der Waals surface area contributed by atoms with Gasteiger partial charge in [-0.05, 0) is 104 Å². The molecule has 3 aromatic heterocycles. The van der Waals surface area contributed by atoms with E-state index >= 15 is 0 Å². The van der Waals surface area contributed by atoms with Crippen molar-refractivity contribution in [1.82, 2.24) is 14.1 Å². The van der Waals surface area contributed by atoms with E-state index in [9.17, 15) is 0 Å². The molecule has 0 fully saturated rings. The van der Waals surface area contributed by atoms with E-state index in [4.69, 9.17) is 4.98 Å². The van der Waals surface area contributed by atoms with Crippen LogP contribution in [0.25, 0.3) is 88.6 Å². The standard InChI is InChI=1S/C65H45N3Si/c1-6-20-46(21-7-1)50-44-60(47-22-8-2-9-23-47)66-65(45-50)68-62-33-19-17-31-57(62)59-43-49(35-41-64(59)68)48-34-40-63-58(42-48)56-30-16-18-32-61(56)67(63)51-36-38-55(39-37-51)69(52-24-10-3-11-25-52,53-26-12-4-13-27-53)54-28-14-5-15-29-54/h1-45H. The van der Waals surface area contributed by atoms with E-state index in [0.717, 1.165) is 44.9 Å². The lowest BCUT2D eigenvalue weighted by atomic mass is 10.0. The Morgan fingerprint density at radius 1 is 0.261 bits per heavy atom. The summed E-state index contributed by atoms with van der Waals surface area (Å²) in [5, 5.41) is 10.3. The molecule has 0 atom stereocenters. The Morgan fingerprint density at radius 2 is 0.667 bits per heavy atom. The van der Waals surface area contributed by atoms with Crippen molar-refractivity contribution in [3.05, 3.63) is 273 Å². The highest BCUT2D eigenvalue weighted by Crippen LogP contribution is 2.39. The van der Waals surface area contributed by atoms with Gasteiger partial charge in [-0.25, -0.2) is 4.98 Å². The van der Waals surface area contributed by atoms with Crippen molar-refractivity contribution < 1.29 is 0 Å². The Kier molecular flexibility index (Phi) is 9.85. The summed E-state index contributed by atoms with van der Waals surface area (Å²) in [6.45, 7) is 0. The lowest BCUT2D eigenvalue weighted by Crippen LogP contribution is -2.74. The monoisotopic (exact) mass is 895 g/mol. The van der Waals surface area contributed by atoms with Crippen LogP contribution in [0, 0.1) is 0 Å². The molecule has 0 aliphatic heterocycles. The summed E-state index contributed by atoms with van der Waals surface area (Å²) in [6.07, 6.45) is 0. The van der Waals surface area contributed by atoms with E-state index in [0.29, 0.717) is 0 Å². The van der Waals surface area contributed by atoms with Crippen LogP contribution in [0.2, 0.25) is 0 Å². The zero-order valence-corrected chi connectivity index (χ0v) is 38.8. The molecular formula is C65H45N3Si. The van der Waals surface area contributed by atoms with Crippen LogP contribution in [-0.2, 0) is 0 Å². The molecule has 4 heteroatoms. The molecule has 0 radical (unpaired) electrons. The number of para-hydroxylation sites is 2. The molecule has 0 bridgehead atoms. The summed E-state index contributed by atoms with van der Waals surface area (Å²) in [7, 11) is -2.66. The molecule has 10 aromatic carbocycles. The average molecular weight is 896 g/mol. The second-order valence-corrected chi connectivity index (χ2v) is 21.7. The smallest absolute Gasteiger partial charge is 0.179 e. The fraction of sp³-hybridized carbons (Fsp3) is 0. The van der Waals surface area contributed by atoms with Gasteiger partial charge in [-0.1, -0.05) is 212 Å². The van der Waals surface area contributed by atoms with E-state index in [1.807, 2.05) is 0 Å². The summed E-state index contributed by atoms with van der Waals surface area (Å²) in [5.41, 5.74) is 12.4. The molecule has 0 spiro atoms. The van der Waals surface area contributed by atoms with Crippen LogP contribution in [0.3, 0.4) is 0 Å². The molecule has 0 aliphatic rings. The van der Waals surface area contributed by atoms with Crippen LogP contribution in [0.1, 0.15) is 0 Å². The van der Waals surface area contributed by atoms with Crippen LogP contribution in [0.5, 0.6) is 0 Å². The van der Waals surface area contributed by atoms with Gasteiger partial charge in [0.2, 0.25) is 0 Å². The lowest BCUT2D eigenvalue weighted by Gasteiger charge is -2.34. The number of nitrogens with zero attached hydrogens (tertiary/aromatic N) is 3. The quantitative estimate of drug-likeness (QED) is 0.105. The van der Waals surface area contributed by atoms with Crippen molar-refractivity contribution >= 4 is 72.4 Å². The second-order valence-electron chi connectivity index (χ2n) is 17.9. The molecule has 324 valence electrons. The molecule has 13 aromatic rings. The first-order valence-corrected chi connectivity index (χ1v) is 25.7. The first-order chi connectivity index (χ1) is 34.2. The van der Waals surface area contributed by atoms with Crippen LogP contribution in [0.15, 0.2) is 273 Å². The first kappa shape index (κ1) is 40.4. The molecule has 3 nitrogen and oxygen atoms in total. The summed E-state index contributed by atoms with van der Waals surface area (Å²) < 4.78 is 4.77. The Balaban J connectivity index is 0.936. The molecule has 0 unspecified atom stereocenters. The van der Waals surface area contributed by atoms with Crippen molar-refractivity contribution in [3.63, 3.8) is 0 Å². The number of rotatable bonds is 9. The van der Waals surface area contributed by atoms with Gasteiger partial charge in [-0.15, -0.1) is 0 Å². The van der Waals surface area contributed by atoms with Gasteiger partial charge in [-0.2, -0.15) is 0 Å². The minimum atomic E-state index is -2.66. The van der Waals surface area contributed by atoms with E-state index in [1.165, 1.54) is 64.5 Å². The minimum absolute atomic E-state index is 0.893.